The van der Waals surface area contributed by atoms with E-state index in [1.54, 1.807) is 24.0 Å². The van der Waals surface area contributed by atoms with Gasteiger partial charge in [0.1, 0.15) is 11.8 Å². The normalized spacial score (nSPS) is 11.8. The first kappa shape index (κ1) is 22.9. The molecule has 0 bridgehead atoms. The van der Waals surface area contributed by atoms with E-state index in [1.165, 1.54) is 0 Å². The van der Waals surface area contributed by atoms with E-state index < -0.39 is 6.04 Å². The van der Waals surface area contributed by atoms with Crippen LogP contribution in [0.25, 0.3) is 0 Å². The zero-order valence-corrected chi connectivity index (χ0v) is 19.0. The van der Waals surface area contributed by atoms with Crippen LogP contribution in [-0.4, -0.2) is 35.9 Å². The van der Waals surface area contributed by atoms with E-state index >= 15 is 0 Å². The highest BCUT2D eigenvalue weighted by molar-refractivity contribution is 9.10. The summed E-state index contributed by atoms with van der Waals surface area (Å²) < 4.78 is 6.58. The summed E-state index contributed by atoms with van der Waals surface area (Å²) in [7, 11) is 0. The molecule has 0 heterocycles. The van der Waals surface area contributed by atoms with Crippen molar-refractivity contribution < 1.29 is 14.3 Å². The van der Waals surface area contributed by atoms with Crippen molar-refractivity contribution in [3.63, 3.8) is 0 Å². The van der Waals surface area contributed by atoms with Crippen LogP contribution in [-0.2, 0) is 16.1 Å². The second-order valence-corrected chi connectivity index (χ2v) is 8.48. The fourth-order valence-corrected chi connectivity index (χ4v) is 2.95. The standard InChI is InChI=1S/C23H29BrN2O3/c1-16(2)13-25-23(28)18(4)26(14-19-7-5-17(3)6-8-19)22(27)15-29-21-11-9-20(24)10-12-21/h5-12,16,18H,13-15H2,1-4H3,(H,25,28). The third kappa shape index (κ3) is 7.54. The summed E-state index contributed by atoms with van der Waals surface area (Å²) in [4.78, 5) is 27.1. The summed E-state index contributed by atoms with van der Waals surface area (Å²) in [6.45, 7) is 8.63. The third-order valence-electron chi connectivity index (χ3n) is 4.50. The Morgan fingerprint density at radius 3 is 2.24 bits per heavy atom. The molecular weight excluding hydrogens is 432 g/mol. The molecule has 2 amide bonds. The summed E-state index contributed by atoms with van der Waals surface area (Å²) >= 11 is 3.38. The minimum absolute atomic E-state index is 0.130. The first-order valence-electron chi connectivity index (χ1n) is 9.77. The predicted octanol–water partition coefficient (Wildman–Crippen LogP) is 4.33. The highest BCUT2D eigenvalue weighted by atomic mass is 79.9. The van der Waals surface area contributed by atoms with Gasteiger partial charge in [0.05, 0.1) is 0 Å². The molecule has 0 aliphatic rings. The lowest BCUT2D eigenvalue weighted by molar-refractivity contribution is -0.142. The molecule has 0 saturated carbocycles. The first-order chi connectivity index (χ1) is 13.8. The Bertz CT molecular complexity index is 804. The largest absolute Gasteiger partial charge is 0.484 e. The van der Waals surface area contributed by atoms with Gasteiger partial charge in [-0.1, -0.05) is 59.6 Å². The van der Waals surface area contributed by atoms with Crippen LogP contribution in [0.3, 0.4) is 0 Å². The number of rotatable bonds is 9. The van der Waals surface area contributed by atoms with Gasteiger partial charge in [-0.05, 0) is 49.6 Å². The predicted molar refractivity (Wildman–Crippen MR) is 119 cm³/mol. The number of hydrogen-bond acceptors (Lipinski definition) is 3. The number of nitrogens with zero attached hydrogens (tertiary/aromatic N) is 1. The van der Waals surface area contributed by atoms with Crippen molar-refractivity contribution in [3.8, 4) is 5.75 Å². The number of carbonyl (C=O) groups excluding carboxylic acids is 2. The number of nitrogens with one attached hydrogen (secondary N) is 1. The highest BCUT2D eigenvalue weighted by Gasteiger charge is 2.26. The molecule has 0 aromatic heterocycles. The van der Waals surface area contributed by atoms with Crippen molar-refractivity contribution in [2.45, 2.75) is 40.3 Å². The molecule has 5 nitrogen and oxygen atoms in total. The Balaban J connectivity index is 2.10. The second kappa shape index (κ2) is 11.0. The second-order valence-electron chi connectivity index (χ2n) is 7.56. The molecule has 6 heteroatoms. The highest BCUT2D eigenvalue weighted by Crippen LogP contribution is 2.17. The Labute approximate surface area is 181 Å². The summed E-state index contributed by atoms with van der Waals surface area (Å²) in [6.07, 6.45) is 0. The van der Waals surface area contributed by atoms with Crippen LogP contribution in [0.4, 0.5) is 0 Å². The first-order valence-corrected chi connectivity index (χ1v) is 10.6. The molecule has 0 aliphatic heterocycles. The number of carbonyl (C=O) groups is 2. The van der Waals surface area contributed by atoms with E-state index in [9.17, 15) is 9.59 Å². The van der Waals surface area contributed by atoms with Gasteiger partial charge in [0.2, 0.25) is 5.91 Å². The van der Waals surface area contributed by atoms with Crippen molar-refractivity contribution in [2.75, 3.05) is 13.2 Å². The summed E-state index contributed by atoms with van der Waals surface area (Å²) in [6, 6.07) is 14.6. The monoisotopic (exact) mass is 460 g/mol. The quantitative estimate of drug-likeness (QED) is 0.605. The van der Waals surface area contributed by atoms with Crippen LogP contribution in [0.1, 0.15) is 31.9 Å². The molecule has 0 spiro atoms. The average molecular weight is 461 g/mol. The minimum atomic E-state index is -0.601. The van der Waals surface area contributed by atoms with Gasteiger partial charge in [-0.2, -0.15) is 0 Å². The lowest BCUT2D eigenvalue weighted by atomic mass is 10.1. The molecule has 1 atom stereocenters. The summed E-state index contributed by atoms with van der Waals surface area (Å²) in [5.41, 5.74) is 2.11. The lowest BCUT2D eigenvalue weighted by Crippen LogP contribution is -2.49. The lowest BCUT2D eigenvalue weighted by Gasteiger charge is -2.29. The van der Waals surface area contributed by atoms with Crippen molar-refractivity contribution in [2.24, 2.45) is 5.92 Å². The van der Waals surface area contributed by atoms with Gasteiger partial charge < -0.3 is 15.0 Å². The van der Waals surface area contributed by atoms with E-state index in [0.29, 0.717) is 24.8 Å². The number of ether oxygens (including phenoxy) is 1. The molecule has 156 valence electrons. The van der Waals surface area contributed by atoms with Crippen LogP contribution < -0.4 is 10.1 Å². The molecule has 0 saturated heterocycles. The number of halogens is 1. The number of hydrogen-bond donors (Lipinski definition) is 1. The van der Waals surface area contributed by atoms with Crippen LogP contribution in [0.2, 0.25) is 0 Å². The zero-order valence-electron chi connectivity index (χ0n) is 17.4. The van der Waals surface area contributed by atoms with Crippen molar-refractivity contribution in [1.82, 2.24) is 10.2 Å². The molecular formula is C23H29BrN2O3. The van der Waals surface area contributed by atoms with Crippen LogP contribution in [0.15, 0.2) is 53.0 Å². The van der Waals surface area contributed by atoms with E-state index in [-0.39, 0.29) is 18.4 Å². The van der Waals surface area contributed by atoms with Crippen LogP contribution in [0, 0.1) is 12.8 Å². The summed E-state index contributed by atoms with van der Waals surface area (Å²) in [5, 5.41) is 2.91. The maximum atomic E-state index is 13.0. The fourth-order valence-electron chi connectivity index (χ4n) is 2.68. The van der Waals surface area contributed by atoms with Crippen molar-refractivity contribution >= 4 is 27.7 Å². The van der Waals surface area contributed by atoms with Gasteiger partial charge in [-0.3, -0.25) is 9.59 Å². The molecule has 2 aromatic rings. The van der Waals surface area contributed by atoms with Gasteiger partial charge >= 0.3 is 0 Å². The maximum Gasteiger partial charge on any atom is 0.261 e. The average Bonchev–Trinajstić information content (AvgIpc) is 2.70. The smallest absolute Gasteiger partial charge is 0.261 e. The summed E-state index contributed by atoms with van der Waals surface area (Å²) in [5.74, 6) is 0.547. The topological polar surface area (TPSA) is 58.6 Å². The molecule has 1 N–H and O–H groups in total. The number of benzene rings is 2. The van der Waals surface area contributed by atoms with Crippen LogP contribution in [0.5, 0.6) is 5.75 Å². The van der Waals surface area contributed by atoms with Crippen LogP contribution >= 0.6 is 15.9 Å². The molecule has 29 heavy (non-hydrogen) atoms. The molecule has 2 rings (SSSR count). The zero-order chi connectivity index (χ0) is 21.4. The fraction of sp³-hybridized carbons (Fsp3) is 0.391. The number of aryl methyl sites for hydroxylation is 1. The Hall–Kier alpha value is -2.34. The van der Waals surface area contributed by atoms with Gasteiger partial charge in [-0.15, -0.1) is 0 Å². The molecule has 0 radical (unpaired) electrons. The molecule has 2 aromatic carbocycles. The van der Waals surface area contributed by atoms with E-state index in [1.807, 2.05) is 57.2 Å². The van der Waals surface area contributed by atoms with Gasteiger partial charge in [0.15, 0.2) is 6.61 Å². The van der Waals surface area contributed by atoms with Crippen molar-refractivity contribution in [1.29, 1.82) is 0 Å². The molecule has 0 fully saturated rings. The van der Waals surface area contributed by atoms with E-state index in [2.05, 4.69) is 21.2 Å². The van der Waals surface area contributed by atoms with Gasteiger partial charge in [0, 0.05) is 17.6 Å². The van der Waals surface area contributed by atoms with E-state index in [4.69, 9.17) is 4.74 Å². The Morgan fingerprint density at radius 2 is 1.66 bits per heavy atom. The molecule has 0 aliphatic carbocycles. The van der Waals surface area contributed by atoms with E-state index in [0.717, 1.165) is 15.6 Å². The van der Waals surface area contributed by atoms with Gasteiger partial charge in [0.25, 0.3) is 5.91 Å². The minimum Gasteiger partial charge on any atom is -0.484 e. The number of amides is 2. The van der Waals surface area contributed by atoms with Crippen molar-refractivity contribution in [3.05, 3.63) is 64.1 Å². The molecule has 1 unspecified atom stereocenters. The van der Waals surface area contributed by atoms with Gasteiger partial charge in [-0.25, -0.2) is 0 Å². The maximum absolute atomic E-state index is 13.0. The third-order valence-corrected chi connectivity index (χ3v) is 5.03. The SMILES string of the molecule is Cc1ccc(CN(C(=O)COc2ccc(Br)cc2)C(C)C(=O)NCC(C)C)cc1. The Morgan fingerprint density at radius 1 is 1.03 bits per heavy atom. The Kier molecular flexibility index (Phi) is 8.70.